The van der Waals surface area contributed by atoms with E-state index in [1.54, 1.807) is 5.57 Å². The third kappa shape index (κ3) is 5.81. The molecule has 0 unspecified atom stereocenters. The summed E-state index contributed by atoms with van der Waals surface area (Å²) in [6.45, 7) is 10.5. The van der Waals surface area contributed by atoms with Gasteiger partial charge in [-0.05, 0) is 45.1 Å². The van der Waals surface area contributed by atoms with Crippen LogP contribution in [0.4, 0.5) is 0 Å². The Morgan fingerprint density at radius 2 is 1.53 bits per heavy atom. The van der Waals surface area contributed by atoms with E-state index in [4.69, 9.17) is 0 Å². The third-order valence-electron chi connectivity index (χ3n) is 2.87. The first-order valence-electron chi connectivity index (χ1n) is 6.55. The molecule has 1 aliphatic carbocycles. The first-order chi connectivity index (χ1) is 7.24. The Labute approximate surface area is 96.5 Å². The zero-order valence-corrected chi connectivity index (χ0v) is 11.3. The molecule has 0 aliphatic heterocycles. The van der Waals surface area contributed by atoms with Gasteiger partial charge in [0.15, 0.2) is 0 Å². The fraction of sp³-hybridized carbons (Fsp3) is 0.733. The van der Waals surface area contributed by atoms with Crippen LogP contribution in [0.15, 0.2) is 23.3 Å². The molecule has 0 spiro atoms. The van der Waals surface area contributed by atoms with Crippen molar-refractivity contribution in [1.29, 1.82) is 0 Å². The van der Waals surface area contributed by atoms with Crippen molar-refractivity contribution >= 4 is 0 Å². The van der Waals surface area contributed by atoms with Crippen LogP contribution in [0.5, 0.6) is 0 Å². The lowest BCUT2D eigenvalue weighted by Gasteiger charge is -2.22. The van der Waals surface area contributed by atoms with Crippen molar-refractivity contribution in [3.05, 3.63) is 23.3 Å². The van der Waals surface area contributed by atoms with Gasteiger partial charge in [0.05, 0.1) is 0 Å². The lowest BCUT2D eigenvalue weighted by atomic mass is 9.83. The van der Waals surface area contributed by atoms with Gasteiger partial charge in [0.2, 0.25) is 0 Å². The molecule has 0 atom stereocenters. The van der Waals surface area contributed by atoms with Gasteiger partial charge in [-0.1, -0.05) is 50.8 Å². The molecule has 1 rings (SSSR count). The lowest BCUT2D eigenvalue weighted by Crippen LogP contribution is -2.07. The molecule has 1 fully saturated rings. The van der Waals surface area contributed by atoms with Crippen molar-refractivity contribution in [2.45, 2.75) is 66.7 Å². The van der Waals surface area contributed by atoms with Crippen LogP contribution in [-0.4, -0.2) is 0 Å². The molecule has 0 heteroatoms. The standard InChI is InChI=1S/C13H22.C2H6/c1-4-12(10-11(2)3)13-8-6-5-7-9-13;1-2/h4,10,13H,5-9H2,1-3H3;1-2H3/b12-4+;. The fourth-order valence-electron chi connectivity index (χ4n) is 2.21. The molecule has 0 aromatic heterocycles. The lowest BCUT2D eigenvalue weighted by molar-refractivity contribution is 0.408. The van der Waals surface area contributed by atoms with E-state index in [0.29, 0.717) is 0 Å². The topological polar surface area (TPSA) is 0 Å². The van der Waals surface area contributed by atoms with Gasteiger partial charge in [-0.3, -0.25) is 0 Å². The minimum Gasteiger partial charge on any atom is -0.0842 e. The average Bonchev–Trinajstić information content (AvgIpc) is 2.29. The molecule has 0 aromatic carbocycles. The molecular weight excluding hydrogens is 180 g/mol. The molecular formula is C15H28. The van der Waals surface area contributed by atoms with E-state index < -0.39 is 0 Å². The summed E-state index contributed by atoms with van der Waals surface area (Å²) in [6.07, 6.45) is 11.8. The molecule has 0 amide bonds. The maximum Gasteiger partial charge on any atom is -0.0165 e. The van der Waals surface area contributed by atoms with Crippen LogP contribution < -0.4 is 0 Å². The maximum absolute atomic E-state index is 2.36. The SMILES string of the molecule is C/C=C(\C=C(C)C)C1CCCCC1.CC. The van der Waals surface area contributed by atoms with Crippen molar-refractivity contribution in [1.82, 2.24) is 0 Å². The number of hydrogen-bond donors (Lipinski definition) is 0. The number of rotatable bonds is 2. The Balaban J connectivity index is 0.000000921. The molecule has 1 aliphatic rings. The molecule has 88 valence electrons. The van der Waals surface area contributed by atoms with E-state index in [9.17, 15) is 0 Å². The summed E-state index contributed by atoms with van der Waals surface area (Å²) in [5.74, 6) is 0.855. The van der Waals surface area contributed by atoms with E-state index in [1.165, 1.54) is 37.7 Å². The Hall–Kier alpha value is -0.520. The molecule has 0 heterocycles. The molecule has 1 saturated carbocycles. The van der Waals surface area contributed by atoms with Gasteiger partial charge in [0, 0.05) is 0 Å². The summed E-state index contributed by atoms with van der Waals surface area (Å²) in [7, 11) is 0. The van der Waals surface area contributed by atoms with Gasteiger partial charge in [-0.15, -0.1) is 0 Å². The Bertz CT molecular complexity index is 198. The first kappa shape index (κ1) is 14.5. The number of allylic oxidation sites excluding steroid dienone is 4. The van der Waals surface area contributed by atoms with Crippen LogP contribution in [0, 0.1) is 5.92 Å². The minimum atomic E-state index is 0.855. The Kier molecular flexibility index (Phi) is 8.46. The zero-order valence-electron chi connectivity index (χ0n) is 11.3. The summed E-state index contributed by atoms with van der Waals surface area (Å²) >= 11 is 0. The molecule has 0 saturated heterocycles. The van der Waals surface area contributed by atoms with E-state index in [-0.39, 0.29) is 0 Å². The second kappa shape index (κ2) is 8.76. The Morgan fingerprint density at radius 3 is 1.93 bits per heavy atom. The van der Waals surface area contributed by atoms with Crippen molar-refractivity contribution in [3.8, 4) is 0 Å². The zero-order chi connectivity index (χ0) is 11.7. The highest BCUT2D eigenvalue weighted by atomic mass is 14.2. The van der Waals surface area contributed by atoms with Gasteiger partial charge in [-0.25, -0.2) is 0 Å². The number of hydrogen-bond acceptors (Lipinski definition) is 0. The third-order valence-corrected chi connectivity index (χ3v) is 2.87. The second-order valence-corrected chi connectivity index (χ2v) is 4.35. The van der Waals surface area contributed by atoms with E-state index >= 15 is 0 Å². The van der Waals surface area contributed by atoms with Gasteiger partial charge < -0.3 is 0 Å². The van der Waals surface area contributed by atoms with Gasteiger partial charge in [0.25, 0.3) is 0 Å². The predicted molar refractivity (Wildman–Crippen MR) is 71.1 cm³/mol. The molecule has 0 bridgehead atoms. The summed E-state index contributed by atoms with van der Waals surface area (Å²) in [5, 5.41) is 0. The van der Waals surface area contributed by atoms with Crippen LogP contribution in [0.1, 0.15) is 66.7 Å². The monoisotopic (exact) mass is 208 g/mol. The molecule has 15 heavy (non-hydrogen) atoms. The largest absolute Gasteiger partial charge is 0.0842 e. The van der Waals surface area contributed by atoms with Crippen molar-refractivity contribution in [2.24, 2.45) is 5.92 Å². The van der Waals surface area contributed by atoms with Gasteiger partial charge >= 0.3 is 0 Å². The highest BCUT2D eigenvalue weighted by Crippen LogP contribution is 2.30. The molecule has 0 radical (unpaired) electrons. The van der Waals surface area contributed by atoms with Crippen molar-refractivity contribution in [3.63, 3.8) is 0 Å². The second-order valence-electron chi connectivity index (χ2n) is 4.35. The first-order valence-corrected chi connectivity index (χ1v) is 6.55. The molecule has 0 N–H and O–H groups in total. The van der Waals surface area contributed by atoms with Crippen LogP contribution >= 0.6 is 0 Å². The molecule has 0 nitrogen and oxygen atoms in total. The Morgan fingerprint density at radius 1 is 1.00 bits per heavy atom. The summed E-state index contributed by atoms with van der Waals surface area (Å²) in [6, 6.07) is 0. The minimum absolute atomic E-state index is 0.855. The average molecular weight is 208 g/mol. The fourth-order valence-corrected chi connectivity index (χ4v) is 2.21. The van der Waals surface area contributed by atoms with E-state index in [0.717, 1.165) is 5.92 Å². The van der Waals surface area contributed by atoms with Gasteiger partial charge in [-0.2, -0.15) is 0 Å². The van der Waals surface area contributed by atoms with Gasteiger partial charge in [0.1, 0.15) is 0 Å². The van der Waals surface area contributed by atoms with Crippen LogP contribution in [-0.2, 0) is 0 Å². The molecule has 0 aromatic rings. The van der Waals surface area contributed by atoms with Crippen LogP contribution in [0.2, 0.25) is 0 Å². The highest BCUT2D eigenvalue weighted by molar-refractivity contribution is 5.24. The normalized spacial score (nSPS) is 17.8. The smallest absolute Gasteiger partial charge is 0.0165 e. The summed E-state index contributed by atoms with van der Waals surface area (Å²) in [5.41, 5.74) is 3.00. The summed E-state index contributed by atoms with van der Waals surface area (Å²) in [4.78, 5) is 0. The summed E-state index contributed by atoms with van der Waals surface area (Å²) < 4.78 is 0. The van der Waals surface area contributed by atoms with Crippen LogP contribution in [0.25, 0.3) is 0 Å². The van der Waals surface area contributed by atoms with E-state index in [1.807, 2.05) is 13.8 Å². The maximum atomic E-state index is 2.36. The predicted octanol–water partition coefficient (Wildman–Crippen LogP) is 5.51. The van der Waals surface area contributed by atoms with E-state index in [2.05, 4.69) is 32.9 Å². The quantitative estimate of drug-likeness (QED) is 0.525. The van der Waals surface area contributed by atoms with Crippen molar-refractivity contribution in [2.75, 3.05) is 0 Å². The van der Waals surface area contributed by atoms with Crippen molar-refractivity contribution < 1.29 is 0 Å². The highest BCUT2D eigenvalue weighted by Gasteiger charge is 2.15. The van der Waals surface area contributed by atoms with Crippen LogP contribution in [0.3, 0.4) is 0 Å².